The molecule has 0 amide bonds. The lowest BCUT2D eigenvalue weighted by Crippen LogP contribution is -2.41. The average Bonchev–Trinajstić information content (AvgIpc) is 2.30. The van der Waals surface area contributed by atoms with Crippen LogP contribution in [0.4, 0.5) is 0 Å². The predicted octanol–water partition coefficient (Wildman–Crippen LogP) is 0.371. The van der Waals surface area contributed by atoms with Crippen molar-refractivity contribution >= 4 is 0 Å². The second-order valence-electron chi connectivity index (χ2n) is 3.93. The summed E-state index contributed by atoms with van der Waals surface area (Å²) in [4.78, 5) is 0. The maximum atomic E-state index is 9.48. The molecule has 0 aliphatic rings. The fraction of sp³-hybridized carbons (Fsp3) is 0.385. The summed E-state index contributed by atoms with van der Waals surface area (Å²) < 4.78 is 0. The molecule has 0 aliphatic carbocycles. The minimum atomic E-state index is -1.07. The molecule has 0 fully saturated rings. The first-order chi connectivity index (χ1) is 7.64. The van der Waals surface area contributed by atoms with Gasteiger partial charge in [-0.3, -0.25) is 0 Å². The Balaban J connectivity index is 2.29. The van der Waals surface area contributed by atoms with E-state index in [0.29, 0.717) is 13.1 Å². The largest absolute Gasteiger partial charge is 0.393 e. The Kier molecular flexibility index (Phi) is 5.00. The van der Waals surface area contributed by atoms with Crippen molar-refractivity contribution in [1.29, 1.82) is 0 Å². The maximum absolute atomic E-state index is 9.48. The van der Waals surface area contributed by atoms with E-state index in [9.17, 15) is 5.11 Å². The summed E-state index contributed by atoms with van der Waals surface area (Å²) in [6.45, 7) is 2.13. The van der Waals surface area contributed by atoms with E-state index >= 15 is 0 Å². The van der Waals surface area contributed by atoms with Crippen LogP contribution in [0.2, 0.25) is 0 Å². The van der Waals surface area contributed by atoms with Crippen LogP contribution in [-0.4, -0.2) is 35.5 Å². The SMILES string of the molecule is CC(O)(CO)CNCC#Cc1ccccc1. The van der Waals surface area contributed by atoms with Crippen LogP contribution in [0.1, 0.15) is 12.5 Å². The van der Waals surface area contributed by atoms with Gasteiger partial charge in [-0.15, -0.1) is 0 Å². The third-order valence-electron chi connectivity index (χ3n) is 2.07. The normalized spacial score (nSPS) is 13.7. The number of aliphatic hydroxyl groups is 2. The predicted molar refractivity (Wildman–Crippen MR) is 63.9 cm³/mol. The summed E-state index contributed by atoms with van der Waals surface area (Å²) in [7, 11) is 0. The van der Waals surface area contributed by atoms with Gasteiger partial charge >= 0.3 is 0 Å². The van der Waals surface area contributed by atoms with Crippen molar-refractivity contribution in [3.63, 3.8) is 0 Å². The molecule has 1 rings (SSSR count). The molecule has 1 aromatic carbocycles. The van der Waals surface area contributed by atoms with Gasteiger partial charge in [-0.25, -0.2) is 0 Å². The van der Waals surface area contributed by atoms with Gasteiger partial charge in [0.05, 0.1) is 18.8 Å². The van der Waals surface area contributed by atoms with Crippen molar-refractivity contribution in [2.75, 3.05) is 19.7 Å². The Hall–Kier alpha value is -1.34. The van der Waals surface area contributed by atoms with Crippen molar-refractivity contribution < 1.29 is 10.2 Å². The number of benzene rings is 1. The average molecular weight is 219 g/mol. The smallest absolute Gasteiger partial charge is 0.0973 e. The molecule has 0 saturated carbocycles. The van der Waals surface area contributed by atoms with E-state index in [4.69, 9.17) is 5.11 Å². The first-order valence-electron chi connectivity index (χ1n) is 5.22. The Bertz CT molecular complexity index is 363. The summed E-state index contributed by atoms with van der Waals surface area (Å²) in [6, 6.07) is 9.71. The first-order valence-corrected chi connectivity index (χ1v) is 5.22. The number of hydrogen-bond acceptors (Lipinski definition) is 3. The van der Waals surface area contributed by atoms with E-state index < -0.39 is 5.60 Å². The van der Waals surface area contributed by atoms with Gasteiger partial charge < -0.3 is 15.5 Å². The fourth-order valence-corrected chi connectivity index (χ4v) is 1.12. The minimum Gasteiger partial charge on any atom is -0.393 e. The molecule has 16 heavy (non-hydrogen) atoms. The quantitative estimate of drug-likeness (QED) is 0.506. The highest BCUT2D eigenvalue weighted by atomic mass is 16.3. The van der Waals surface area contributed by atoms with Gasteiger partial charge in [0, 0.05) is 12.1 Å². The highest BCUT2D eigenvalue weighted by Crippen LogP contribution is 1.97. The molecule has 0 bridgehead atoms. The number of hydrogen-bond donors (Lipinski definition) is 3. The summed E-state index contributed by atoms with van der Waals surface area (Å²) in [6.07, 6.45) is 0. The molecule has 1 aromatic rings. The zero-order chi connectivity index (χ0) is 11.9. The van der Waals surface area contributed by atoms with Crippen LogP contribution in [0.5, 0.6) is 0 Å². The van der Waals surface area contributed by atoms with Crippen LogP contribution in [-0.2, 0) is 0 Å². The first kappa shape index (κ1) is 12.7. The van der Waals surface area contributed by atoms with Crippen LogP contribution < -0.4 is 5.32 Å². The standard InChI is InChI=1S/C13H17NO2/c1-13(16,11-15)10-14-9-5-8-12-6-3-2-4-7-12/h2-4,6-7,14-16H,9-11H2,1H3. The second-order valence-corrected chi connectivity index (χ2v) is 3.93. The molecule has 0 spiro atoms. The molecule has 1 atom stereocenters. The molecular weight excluding hydrogens is 202 g/mol. The Morgan fingerprint density at radius 2 is 2.00 bits per heavy atom. The molecule has 0 heterocycles. The Labute approximate surface area is 96.1 Å². The summed E-state index contributed by atoms with van der Waals surface area (Å²) in [5.41, 5.74) is -0.104. The van der Waals surface area contributed by atoms with Gasteiger partial charge in [0.15, 0.2) is 0 Å². The molecule has 1 unspecified atom stereocenters. The molecule has 3 N–H and O–H groups in total. The molecule has 86 valence electrons. The van der Waals surface area contributed by atoms with Crippen LogP contribution in [0.25, 0.3) is 0 Å². The molecule has 0 aliphatic heterocycles. The lowest BCUT2D eigenvalue weighted by molar-refractivity contribution is 0.00359. The number of aliphatic hydroxyl groups excluding tert-OH is 1. The monoisotopic (exact) mass is 219 g/mol. The Morgan fingerprint density at radius 1 is 1.31 bits per heavy atom. The van der Waals surface area contributed by atoms with Gasteiger partial charge in [0.25, 0.3) is 0 Å². The summed E-state index contributed by atoms with van der Waals surface area (Å²) in [5, 5.41) is 21.2. The molecule has 0 radical (unpaired) electrons. The zero-order valence-electron chi connectivity index (χ0n) is 9.40. The minimum absolute atomic E-state index is 0.258. The lowest BCUT2D eigenvalue weighted by Gasteiger charge is -2.19. The van der Waals surface area contributed by atoms with E-state index in [1.165, 1.54) is 0 Å². The van der Waals surface area contributed by atoms with Crippen molar-refractivity contribution in [2.45, 2.75) is 12.5 Å². The van der Waals surface area contributed by atoms with E-state index in [1.807, 2.05) is 30.3 Å². The van der Waals surface area contributed by atoms with Gasteiger partial charge in [0.1, 0.15) is 0 Å². The molecule has 3 nitrogen and oxygen atoms in total. The van der Waals surface area contributed by atoms with Crippen LogP contribution in [0, 0.1) is 11.8 Å². The second kappa shape index (κ2) is 6.29. The van der Waals surface area contributed by atoms with E-state index in [1.54, 1.807) is 6.92 Å². The zero-order valence-corrected chi connectivity index (χ0v) is 9.40. The molecule has 3 heteroatoms. The highest BCUT2D eigenvalue weighted by Gasteiger charge is 2.17. The Morgan fingerprint density at radius 3 is 2.62 bits per heavy atom. The molecular formula is C13H17NO2. The van der Waals surface area contributed by atoms with Crippen LogP contribution in [0.15, 0.2) is 30.3 Å². The van der Waals surface area contributed by atoms with E-state index in [-0.39, 0.29) is 6.61 Å². The van der Waals surface area contributed by atoms with Crippen molar-refractivity contribution in [1.82, 2.24) is 5.32 Å². The molecule has 0 saturated heterocycles. The van der Waals surface area contributed by atoms with Crippen molar-refractivity contribution in [3.8, 4) is 11.8 Å². The van der Waals surface area contributed by atoms with Crippen LogP contribution in [0.3, 0.4) is 0 Å². The highest BCUT2D eigenvalue weighted by molar-refractivity contribution is 5.33. The number of nitrogens with one attached hydrogen (secondary N) is 1. The summed E-state index contributed by atoms with van der Waals surface area (Å²) in [5.74, 6) is 5.94. The summed E-state index contributed by atoms with van der Waals surface area (Å²) >= 11 is 0. The fourth-order valence-electron chi connectivity index (χ4n) is 1.12. The third kappa shape index (κ3) is 4.94. The van der Waals surface area contributed by atoms with Crippen molar-refractivity contribution in [2.24, 2.45) is 0 Å². The van der Waals surface area contributed by atoms with E-state index in [2.05, 4.69) is 17.2 Å². The van der Waals surface area contributed by atoms with Gasteiger partial charge in [0.2, 0.25) is 0 Å². The molecule has 0 aromatic heterocycles. The van der Waals surface area contributed by atoms with Gasteiger partial charge in [-0.05, 0) is 19.1 Å². The van der Waals surface area contributed by atoms with Crippen LogP contribution >= 0.6 is 0 Å². The topological polar surface area (TPSA) is 52.5 Å². The van der Waals surface area contributed by atoms with Gasteiger partial charge in [-0.2, -0.15) is 0 Å². The lowest BCUT2D eigenvalue weighted by atomic mass is 10.1. The van der Waals surface area contributed by atoms with Crippen molar-refractivity contribution in [3.05, 3.63) is 35.9 Å². The third-order valence-corrected chi connectivity index (χ3v) is 2.07. The number of rotatable bonds is 4. The van der Waals surface area contributed by atoms with E-state index in [0.717, 1.165) is 5.56 Å². The maximum Gasteiger partial charge on any atom is 0.0973 e. The van der Waals surface area contributed by atoms with Gasteiger partial charge in [-0.1, -0.05) is 30.0 Å².